The van der Waals surface area contributed by atoms with Gasteiger partial charge in [-0.1, -0.05) is 121 Å². The van der Waals surface area contributed by atoms with E-state index in [-0.39, 0.29) is 12.2 Å². The van der Waals surface area contributed by atoms with Crippen LogP contribution in [0.4, 0.5) is 0 Å². The van der Waals surface area contributed by atoms with Crippen molar-refractivity contribution in [2.45, 2.75) is 31.8 Å². The molecule has 1 fully saturated rings. The Morgan fingerprint density at radius 2 is 0.743 bits per heavy atom. The fourth-order valence-electron chi connectivity index (χ4n) is 4.73. The molecule has 1 saturated heterocycles. The first-order chi connectivity index (χ1) is 17.1. The summed E-state index contributed by atoms with van der Waals surface area (Å²) < 4.78 is 13.2. The fraction of sp³-hybridized carbons (Fsp3) is 0.226. The standard InChI is InChI=1S/C31H32O2P2/c1-31(2)32-29(23-34(25-15-7-3-8-16-25)26-17-9-4-10-18-26)30(33-31)24-35(27-19-11-5-12-20-27)28-21-13-6-14-22-28/h3-22,29-30H,23-24H2,1-2H3/t29-,30-/m1/s1. The monoisotopic (exact) mass is 498 g/mol. The highest BCUT2D eigenvalue weighted by molar-refractivity contribution is 7.73. The summed E-state index contributed by atoms with van der Waals surface area (Å²) >= 11 is 0. The lowest BCUT2D eigenvalue weighted by Gasteiger charge is -2.27. The van der Waals surface area contributed by atoms with Gasteiger partial charge >= 0.3 is 0 Å². The van der Waals surface area contributed by atoms with Crippen LogP contribution in [0.25, 0.3) is 0 Å². The molecule has 0 amide bonds. The summed E-state index contributed by atoms with van der Waals surface area (Å²) in [5, 5.41) is 5.53. The van der Waals surface area contributed by atoms with Crippen molar-refractivity contribution in [3.8, 4) is 0 Å². The van der Waals surface area contributed by atoms with Gasteiger partial charge in [0, 0.05) is 12.3 Å². The molecule has 1 aliphatic rings. The molecule has 1 heterocycles. The van der Waals surface area contributed by atoms with Gasteiger partial charge in [0.1, 0.15) is 0 Å². The average molecular weight is 499 g/mol. The van der Waals surface area contributed by atoms with Crippen LogP contribution < -0.4 is 21.2 Å². The molecule has 1 aliphatic heterocycles. The van der Waals surface area contributed by atoms with Crippen LogP contribution in [0.1, 0.15) is 13.8 Å². The zero-order valence-electron chi connectivity index (χ0n) is 20.3. The molecule has 0 unspecified atom stereocenters. The predicted octanol–water partition coefficient (Wildman–Crippen LogP) is 5.77. The third-order valence-electron chi connectivity index (χ3n) is 6.28. The first-order valence-electron chi connectivity index (χ1n) is 12.2. The van der Waals surface area contributed by atoms with Crippen molar-refractivity contribution < 1.29 is 9.47 Å². The van der Waals surface area contributed by atoms with Gasteiger partial charge in [0.15, 0.2) is 5.79 Å². The van der Waals surface area contributed by atoms with Gasteiger partial charge in [0.25, 0.3) is 0 Å². The van der Waals surface area contributed by atoms with Gasteiger partial charge in [-0.2, -0.15) is 0 Å². The second kappa shape index (κ2) is 11.2. The lowest BCUT2D eigenvalue weighted by molar-refractivity contribution is -0.142. The topological polar surface area (TPSA) is 18.5 Å². The maximum Gasteiger partial charge on any atom is 0.163 e. The van der Waals surface area contributed by atoms with Crippen LogP contribution in [-0.4, -0.2) is 30.3 Å². The first kappa shape index (κ1) is 24.4. The van der Waals surface area contributed by atoms with Gasteiger partial charge in [-0.05, 0) is 50.9 Å². The molecule has 4 aromatic carbocycles. The summed E-state index contributed by atoms with van der Waals surface area (Å²) in [6.45, 7) is 4.11. The molecule has 0 radical (unpaired) electrons. The van der Waals surface area contributed by atoms with E-state index in [1.807, 2.05) is 0 Å². The molecule has 35 heavy (non-hydrogen) atoms. The molecule has 4 heteroatoms. The third kappa shape index (κ3) is 6.08. The second-order valence-electron chi connectivity index (χ2n) is 9.28. The number of hydrogen-bond acceptors (Lipinski definition) is 2. The lowest BCUT2D eigenvalue weighted by Crippen LogP contribution is -2.33. The van der Waals surface area contributed by atoms with E-state index in [0.717, 1.165) is 12.3 Å². The van der Waals surface area contributed by atoms with Crippen molar-refractivity contribution in [3.63, 3.8) is 0 Å². The van der Waals surface area contributed by atoms with E-state index in [2.05, 4.69) is 135 Å². The smallest absolute Gasteiger partial charge is 0.163 e. The molecule has 0 aliphatic carbocycles. The minimum atomic E-state index is -0.585. The average Bonchev–Trinajstić information content (AvgIpc) is 3.20. The highest BCUT2D eigenvalue weighted by Gasteiger charge is 2.43. The summed E-state index contributed by atoms with van der Waals surface area (Å²) in [6.07, 6.45) is 1.97. The third-order valence-corrected chi connectivity index (χ3v) is 11.4. The van der Waals surface area contributed by atoms with E-state index in [4.69, 9.17) is 9.47 Å². The van der Waals surface area contributed by atoms with Crippen LogP contribution in [0, 0.1) is 0 Å². The molecular weight excluding hydrogens is 466 g/mol. The molecule has 0 saturated carbocycles. The number of hydrogen-bond donors (Lipinski definition) is 0. The van der Waals surface area contributed by atoms with Crippen molar-refractivity contribution in [2.75, 3.05) is 12.3 Å². The van der Waals surface area contributed by atoms with Gasteiger partial charge < -0.3 is 9.47 Å². The number of benzene rings is 4. The highest BCUT2D eigenvalue weighted by Crippen LogP contribution is 2.44. The van der Waals surface area contributed by atoms with Crippen molar-refractivity contribution in [1.29, 1.82) is 0 Å². The van der Waals surface area contributed by atoms with Crippen molar-refractivity contribution in [1.82, 2.24) is 0 Å². The van der Waals surface area contributed by atoms with Crippen molar-refractivity contribution in [2.24, 2.45) is 0 Å². The molecule has 2 nitrogen and oxygen atoms in total. The predicted molar refractivity (Wildman–Crippen MR) is 152 cm³/mol. The highest BCUT2D eigenvalue weighted by atomic mass is 31.1. The van der Waals surface area contributed by atoms with Crippen LogP contribution in [0.15, 0.2) is 121 Å². The van der Waals surface area contributed by atoms with Crippen LogP contribution in [-0.2, 0) is 9.47 Å². The molecule has 0 bridgehead atoms. The molecule has 5 rings (SSSR count). The fourth-order valence-corrected chi connectivity index (χ4v) is 9.64. The summed E-state index contributed by atoms with van der Waals surface area (Å²) in [6, 6.07) is 43.6. The quantitative estimate of drug-likeness (QED) is 0.287. The molecule has 178 valence electrons. The van der Waals surface area contributed by atoms with Gasteiger partial charge in [-0.15, -0.1) is 0 Å². The normalized spacial score (nSPS) is 19.3. The Labute approximate surface area is 211 Å². The van der Waals surface area contributed by atoms with E-state index in [1.165, 1.54) is 21.2 Å². The first-order valence-corrected chi connectivity index (χ1v) is 15.3. The van der Waals surface area contributed by atoms with Crippen LogP contribution in [0.5, 0.6) is 0 Å². The van der Waals surface area contributed by atoms with Gasteiger partial charge in [0.05, 0.1) is 12.2 Å². The molecular formula is C31H32O2P2. The number of ether oxygens (including phenoxy) is 2. The minimum absolute atomic E-state index is 0.0361. The Bertz CT molecular complexity index is 1010. The van der Waals surface area contributed by atoms with E-state index in [0.29, 0.717) is 0 Å². The molecule has 4 aromatic rings. The maximum absolute atomic E-state index is 6.61. The van der Waals surface area contributed by atoms with Gasteiger partial charge in [-0.3, -0.25) is 0 Å². The Morgan fingerprint density at radius 3 is 1.00 bits per heavy atom. The Hall–Kier alpha value is -2.34. The summed E-state index contributed by atoms with van der Waals surface area (Å²) in [5.74, 6) is -0.585. The second-order valence-corrected chi connectivity index (χ2v) is 13.8. The summed E-state index contributed by atoms with van der Waals surface area (Å²) in [5.41, 5.74) is 0. The molecule has 0 N–H and O–H groups in total. The molecule has 2 atom stereocenters. The van der Waals surface area contributed by atoms with Crippen LogP contribution >= 0.6 is 15.8 Å². The SMILES string of the molecule is CC1(C)O[C@H](CP(c2ccccc2)c2ccccc2)[C@@H](CP(c2ccccc2)c2ccccc2)O1. The lowest BCUT2D eigenvalue weighted by atomic mass is 10.3. The summed E-state index contributed by atoms with van der Waals surface area (Å²) in [4.78, 5) is 0. The minimum Gasteiger partial charge on any atom is -0.344 e. The van der Waals surface area contributed by atoms with Gasteiger partial charge in [-0.25, -0.2) is 0 Å². The van der Waals surface area contributed by atoms with Gasteiger partial charge in [0.2, 0.25) is 0 Å². The Morgan fingerprint density at radius 1 is 0.486 bits per heavy atom. The molecule has 0 aromatic heterocycles. The van der Waals surface area contributed by atoms with Crippen LogP contribution in [0.2, 0.25) is 0 Å². The zero-order chi connectivity index (χ0) is 24.1. The Kier molecular flexibility index (Phi) is 7.76. The van der Waals surface area contributed by atoms with E-state index < -0.39 is 21.6 Å². The molecule has 0 spiro atoms. The van der Waals surface area contributed by atoms with Crippen molar-refractivity contribution >= 4 is 37.1 Å². The maximum atomic E-state index is 6.61. The largest absolute Gasteiger partial charge is 0.344 e. The number of rotatable bonds is 8. The van der Waals surface area contributed by atoms with E-state index in [1.54, 1.807) is 0 Å². The summed E-state index contributed by atoms with van der Waals surface area (Å²) in [7, 11) is -1.12. The van der Waals surface area contributed by atoms with Crippen molar-refractivity contribution in [3.05, 3.63) is 121 Å². The van der Waals surface area contributed by atoms with Crippen LogP contribution in [0.3, 0.4) is 0 Å². The van der Waals surface area contributed by atoms with E-state index in [9.17, 15) is 0 Å². The van der Waals surface area contributed by atoms with E-state index >= 15 is 0 Å². The zero-order valence-corrected chi connectivity index (χ0v) is 22.1. The Balaban J connectivity index is 1.46.